The van der Waals surface area contributed by atoms with E-state index in [1.807, 2.05) is 80.1 Å². The zero-order chi connectivity index (χ0) is 24.8. The fraction of sp³-hybridized carbons (Fsp3) is 0.357. The first kappa shape index (κ1) is 23.0. The number of carbonyl (C=O) groups is 1. The van der Waals surface area contributed by atoms with Gasteiger partial charge in [0.25, 0.3) is 0 Å². The lowest BCUT2D eigenvalue weighted by atomic mass is 9.65. The molecule has 2 heterocycles. The van der Waals surface area contributed by atoms with Crippen LogP contribution in [0, 0.1) is 24.7 Å². The molecule has 5 rings (SSSR count). The average molecular weight is 469 g/mol. The lowest BCUT2D eigenvalue weighted by Crippen LogP contribution is -2.45. The molecule has 180 valence electrons. The predicted molar refractivity (Wildman–Crippen MR) is 139 cm³/mol. The Morgan fingerprint density at radius 1 is 1.11 bits per heavy atom. The van der Waals surface area contributed by atoms with Gasteiger partial charge in [0.15, 0.2) is 0 Å². The van der Waals surface area contributed by atoms with E-state index in [4.69, 9.17) is 4.98 Å². The monoisotopic (exact) mass is 468 g/mol. The van der Waals surface area contributed by atoms with Crippen LogP contribution in [-0.4, -0.2) is 31.9 Å². The van der Waals surface area contributed by atoms with Crippen molar-refractivity contribution in [2.24, 2.45) is 15.9 Å². The van der Waals surface area contributed by atoms with Crippen molar-refractivity contribution in [2.75, 3.05) is 0 Å². The first-order valence-corrected chi connectivity index (χ1v) is 12.1. The molecule has 2 atom stereocenters. The van der Waals surface area contributed by atoms with Gasteiger partial charge in [-0.1, -0.05) is 51.1 Å². The minimum Gasteiger partial charge on any atom is -0.342 e. The Hall–Kier alpha value is -3.74. The van der Waals surface area contributed by atoms with Crippen molar-refractivity contribution in [1.82, 2.24) is 25.2 Å². The van der Waals surface area contributed by atoms with Crippen LogP contribution < -0.4 is 5.43 Å². The third-order valence-electron chi connectivity index (χ3n) is 8.17. The number of rotatable bonds is 5. The standard InChI is InChI=1S/C28H32N6O/c1-18-21(19(2)34(33-18)20-11-7-6-8-12-20)17-29-32-26(35)28(5)16-15-22(27(28,3)4)25-30-23-13-9-10-14-24(23)31-25/h6-14,17,22H,15-16H2,1-5H3,(H,30,31)(H,32,35)/b29-17-/t22-,28+/m1/s1. The number of nitrogens with zero attached hydrogens (tertiary/aromatic N) is 4. The van der Waals surface area contributed by atoms with Crippen molar-refractivity contribution >= 4 is 23.2 Å². The maximum Gasteiger partial charge on any atom is 0.246 e. The first-order chi connectivity index (χ1) is 16.7. The van der Waals surface area contributed by atoms with Crippen LogP contribution in [0.2, 0.25) is 0 Å². The largest absolute Gasteiger partial charge is 0.342 e. The van der Waals surface area contributed by atoms with E-state index in [1.54, 1.807) is 6.21 Å². The van der Waals surface area contributed by atoms with Crippen molar-refractivity contribution < 1.29 is 4.79 Å². The minimum atomic E-state index is -0.577. The number of para-hydroxylation sites is 3. The molecule has 2 aromatic heterocycles. The van der Waals surface area contributed by atoms with Gasteiger partial charge in [0.2, 0.25) is 5.91 Å². The van der Waals surface area contributed by atoms with Crippen LogP contribution >= 0.6 is 0 Å². The summed E-state index contributed by atoms with van der Waals surface area (Å²) in [4.78, 5) is 21.8. The van der Waals surface area contributed by atoms with Crippen LogP contribution in [0.3, 0.4) is 0 Å². The van der Waals surface area contributed by atoms with Crippen LogP contribution in [0.15, 0.2) is 59.7 Å². The average Bonchev–Trinajstić information content (AvgIpc) is 3.47. The zero-order valence-corrected chi connectivity index (χ0v) is 21.0. The number of carbonyl (C=O) groups excluding carboxylic acids is 1. The van der Waals surface area contributed by atoms with E-state index >= 15 is 0 Å². The summed E-state index contributed by atoms with van der Waals surface area (Å²) in [7, 11) is 0. The highest BCUT2D eigenvalue weighted by atomic mass is 16.2. The molecule has 0 saturated heterocycles. The molecular weight excluding hydrogens is 436 g/mol. The maximum atomic E-state index is 13.4. The van der Waals surface area contributed by atoms with Gasteiger partial charge in [-0.15, -0.1) is 0 Å². The lowest BCUT2D eigenvalue weighted by Gasteiger charge is -2.39. The molecule has 7 heteroatoms. The van der Waals surface area contributed by atoms with E-state index in [2.05, 4.69) is 34.5 Å². The number of amides is 1. The number of aromatic nitrogens is 4. The molecule has 1 saturated carbocycles. The Kier molecular flexibility index (Phi) is 5.58. The Balaban J connectivity index is 1.34. The maximum absolute atomic E-state index is 13.4. The summed E-state index contributed by atoms with van der Waals surface area (Å²) in [5.74, 6) is 1.04. The van der Waals surface area contributed by atoms with E-state index in [9.17, 15) is 4.79 Å². The second kappa shape index (κ2) is 8.48. The highest BCUT2D eigenvalue weighted by molar-refractivity contribution is 5.87. The molecule has 1 aliphatic rings. The molecule has 0 aliphatic heterocycles. The van der Waals surface area contributed by atoms with Crippen molar-refractivity contribution in [3.8, 4) is 5.69 Å². The summed E-state index contributed by atoms with van der Waals surface area (Å²) in [6.45, 7) is 10.3. The minimum absolute atomic E-state index is 0.0666. The van der Waals surface area contributed by atoms with Crippen LogP contribution in [0.5, 0.6) is 0 Å². The number of nitrogens with one attached hydrogen (secondary N) is 2. The molecule has 0 spiro atoms. The van der Waals surface area contributed by atoms with E-state index < -0.39 is 5.41 Å². The van der Waals surface area contributed by atoms with Crippen molar-refractivity contribution in [3.63, 3.8) is 0 Å². The summed E-state index contributed by atoms with van der Waals surface area (Å²) in [6.07, 6.45) is 3.37. The Morgan fingerprint density at radius 2 is 1.83 bits per heavy atom. The van der Waals surface area contributed by atoms with Gasteiger partial charge in [0.1, 0.15) is 5.82 Å². The van der Waals surface area contributed by atoms with Gasteiger partial charge in [-0.2, -0.15) is 10.2 Å². The molecule has 1 amide bonds. The third kappa shape index (κ3) is 3.75. The number of hydrogen-bond donors (Lipinski definition) is 2. The molecule has 35 heavy (non-hydrogen) atoms. The molecule has 2 aromatic carbocycles. The number of fused-ring (bicyclic) bond motifs is 1. The molecule has 4 aromatic rings. The van der Waals surface area contributed by atoms with Gasteiger partial charge in [0.05, 0.1) is 39.7 Å². The highest BCUT2D eigenvalue weighted by Crippen LogP contribution is 2.59. The molecule has 7 nitrogen and oxygen atoms in total. The van der Waals surface area contributed by atoms with Gasteiger partial charge < -0.3 is 4.98 Å². The molecule has 1 aliphatic carbocycles. The second-order valence-corrected chi connectivity index (χ2v) is 10.3. The van der Waals surface area contributed by atoms with Crippen LogP contribution in [0.25, 0.3) is 16.7 Å². The van der Waals surface area contributed by atoms with Crippen molar-refractivity contribution in [1.29, 1.82) is 0 Å². The summed E-state index contributed by atoms with van der Waals surface area (Å²) in [6, 6.07) is 18.1. The van der Waals surface area contributed by atoms with Crippen molar-refractivity contribution in [2.45, 2.75) is 53.4 Å². The van der Waals surface area contributed by atoms with Crippen molar-refractivity contribution in [3.05, 3.63) is 77.4 Å². The van der Waals surface area contributed by atoms with Crippen LogP contribution in [-0.2, 0) is 4.79 Å². The second-order valence-electron chi connectivity index (χ2n) is 10.3. The molecule has 0 bridgehead atoms. The zero-order valence-electron chi connectivity index (χ0n) is 21.0. The number of H-pyrrole nitrogens is 1. The quantitative estimate of drug-likeness (QED) is 0.303. The number of hydrazone groups is 1. The summed E-state index contributed by atoms with van der Waals surface area (Å²) in [5, 5.41) is 9.01. The number of aromatic amines is 1. The molecular formula is C28H32N6O. The first-order valence-electron chi connectivity index (χ1n) is 12.1. The highest BCUT2D eigenvalue weighted by Gasteiger charge is 2.57. The Labute approximate surface area is 205 Å². The molecule has 0 unspecified atom stereocenters. The fourth-order valence-electron chi connectivity index (χ4n) is 5.46. The van der Waals surface area contributed by atoms with Gasteiger partial charge in [-0.3, -0.25) is 4.79 Å². The van der Waals surface area contributed by atoms with E-state index in [0.29, 0.717) is 0 Å². The SMILES string of the molecule is Cc1nn(-c2ccccc2)c(C)c1/C=N\NC(=O)[C@]1(C)CC[C@H](c2nc3ccccc3[nH]2)C1(C)C. The number of aryl methyl sites for hydroxylation is 1. The van der Waals surface area contributed by atoms with Gasteiger partial charge in [0, 0.05) is 11.5 Å². The Bertz CT molecular complexity index is 1380. The molecule has 0 radical (unpaired) electrons. The summed E-state index contributed by atoms with van der Waals surface area (Å²) >= 11 is 0. The topological polar surface area (TPSA) is 88.0 Å². The number of benzene rings is 2. The van der Waals surface area contributed by atoms with Gasteiger partial charge in [-0.05, 0) is 56.4 Å². The number of hydrogen-bond acceptors (Lipinski definition) is 4. The van der Waals surface area contributed by atoms with E-state index in [1.165, 1.54) is 0 Å². The van der Waals surface area contributed by atoms with Gasteiger partial charge >= 0.3 is 0 Å². The molecule has 1 fully saturated rings. The third-order valence-corrected chi connectivity index (χ3v) is 8.17. The molecule has 2 N–H and O–H groups in total. The summed E-state index contributed by atoms with van der Waals surface area (Å²) < 4.78 is 1.90. The number of imidazole rings is 1. The van der Waals surface area contributed by atoms with E-state index in [-0.39, 0.29) is 17.2 Å². The van der Waals surface area contributed by atoms with Crippen LogP contribution in [0.4, 0.5) is 0 Å². The smallest absolute Gasteiger partial charge is 0.246 e. The fourth-order valence-corrected chi connectivity index (χ4v) is 5.46. The predicted octanol–water partition coefficient (Wildman–Crippen LogP) is 5.43. The van der Waals surface area contributed by atoms with E-state index in [0.717, 1.165) is 52.3 Å². The normalized spacial score (nSPS) is 21.7. The Morgan fingerprint density at radius 3 is 2.57 bits per heavy atom. The summed E-state index contributed by atoms with van der Waals surface area (Å²) in [5.41, 5.74) is 7.69. The van der Waals surface area contributed by atoms with Gasteiger partial charge in [-0.25, -0.2) is 15.1 Å². The van der Waals surface area contributed by atoms with Crippen LogP contribution in [0.1, 0.15) is 62.3 Å². The lowest BCUT2D eigenvalue weighted by molar-refractivity contribution is -0.135.